The summed E-state index contributed by atoms with van der Waals surface area (Å²) in [5, 5.41) is 1.79. The minimum atomic E-state index is -4.85. The highest BCUT2D eigenvalue weighted by molar-refractivity contribution is 7.89. The van der Waals surface area contributed by atoms with Crippen molar-refractivity contribution in [2.75, 3.05) is 0 Å². The second-order valence-corrected chi connectivity index (χ2v) is 9.30. The number of hydrogen-bond donors (Lipinski definition) is 1. The summed E-state index contributed by atoms with van der Waals surface area (Å²) in [5.74, 6) is -0.643. The molecule has 0 aliphatic heterocycles. The number of carbonyl (C=O) groups excluding carboxylic acids is 1. The van der Waals surface area contributed by atoms with Crippen molar-refractivity contribution in [1.29, 1.82) is 0 Å². The molecular formula is C17H12F3NO4S3. The van der Waals surface area contributed by atoms with Gasteiger partial charge < -0.3 is 4.74 Å². The molecular weight excluding hydrogens is 435 g/mol. The molecule has 5 nitrogen and oxygen atoms in total. The average Bonchev–Trinajstić information content (AvgIpc) is 3.31. The molecule has 0 atom stereocenters. The third-order valence-corrected chi connectivity index (χ3v) is 6.80. The van der Waals surface area contributed by atoms with Crippen molar-refractivity contribution >= 4 is 38.5 Å². The van der Waals surface area contributed by atoms with Gasteiger partial charge in [0.1, 0.15) is 5.75 Å². The number of halogens is 3. The number of alkyl halides is 3. The van der Waals surface area contributed by atoms with E-state index in [1.807, 2.05) is 0 Å². The highest BCUT2D eigenvalue weighted by Crippen LogP contribution is 2.25. The fourth-order valence-corrected chi connectivity index (χ4v) is 4.94. The van der Waals surface area contributed by atoms with Crippen molar-refractivity contribution in [1.82, 2.24) is 4.72 Å². The van der Waals surface area contributed by atoms with Gasteiger partial charge in [-0.3, -0.25) is 4.79 Å². The normalized spacial score (nSPS) is 12.1. The van der Waals surface area contributed by atoms with E-state index in [1.54, 1.807) is 29.6 Å². The van der Waals surface area contributed by atoms with E-state index in [2.05, 4.69) is 9.46 Å². The zero-order valence-corrected chi connectivity index (χ0v) is 16.3. The Morgan fingerprint density at radius 2 is 1.75 bits per heavy atom. The number of sulfonamides is 1. The Labute approximate surface area is 166 Å². The molecule has 0 aliphatic carbocycles. The number of ketones is 1. The highest BCUT2D eigenvalue weighted by Gasteiger charge is 2.31. The van der Waals surface area contributed by atoms with Crippen LogP contribution in [0.15, 0.2) is 58.8 Å². The molecule has 11 heteroatoms. The minimum Gasteiger partial charge on any atom is -0.406 e. The van der Waals surface area contributed by atoms with Crippen molar-refractivity contribution in [3.05, 3.63) is 68.5 Å². The first-order chi connectivity index (χ1) is 13.1. The highest BCUT2D eigenvalue weighted by atomic mass is 32.2. The van der Waals surface area contributed by atoms with E-state index < -0.39 is 22.1 Å². The second-order valence-electron chi connectivity index (χ2n) is 5.42. The largest absolute Gasteiger partial charge is 0.573 e. The summed E-state index contributed by atoms with van der Waals surface area (Å²) in [6.07, 6.45) is -4.85. The molecule has 28 heavy (non-hydrogen) atoms. The first-order valence-electron chi connectivity index (χ1n) is 7.66. The van der Waals surface area contributed by atoms with Gasteiger partial charge in [-0.1, -0.05) is 6.07 Å². The van der Waals surface area contributed by atoms with Gasteiger partial charge in [-0.15, -0.1) is 35.8 Å². The molecule has 3 aromatic rings. The Bertz CT molecular complexity index is 1060. The predicted octanol–water partition coefficient (Wildman–Crippen LogP) is 4.42. The zero-order valence-electron chi connectivity index (χ0n) is 13.9. The molecule has 0 saturated heterocycles. The number of benzene rings is 1. The van der Waals surface area contributed by atoms with Crippen LogP contribution in [0.5, 0.6) is 5.75 Å². The van der Waals surface area contributed by atoms with E-state index in [0.717, 1.165) is 24.3 Å². The lowest BCUT2D eigenvalue weighted by Gasteiger charge is -2.10. The van der Waals surface area contributed by atoms with E-state index in [0.29, 0.717) is 14.6 Å². The quantitative estimate of drug-likeness (QED) is 0.545. The molecule has 0 unspecified atom stereocenters. The molecule has 0 saturated carbocycles. The van der Waals surface area contributed by atoms with Gasteiger partial charge in [-0.25, -0.2) is 13.1 Å². The number of rotatable bonds is 7. The minimum absolute atomic E-state index is 0.0501. The van der Waals surface area contributed by atoms with Crippen molar-refractivity contribution in [3.8, 4) is 5.75 Å². The van der Waals surface area contributed by atoms with Crippen molar-refractivity contribution in [2.24, 2.45) is 0 Å². The molecule has 2 heterocycles. The summed E-state index contributed by atoms with van der Waals surface area (Å²) in [5.41, 5.74) is 0. The van der Waals surface area contributed by atoms with Crippen LogP contribution in [0.3, 0.4) is 0 Å². The van der Waals surface area contributed by atoms with Gasteiger partial charge in [0, 0.05) is 11.4 Å². The summed E-state index contributed by atoms with van der Waals surface area (Å²) in [6, 6.07) is 10.6. The van der Waals surface area contributed by atoms with Crippen molar-refractivity contribution in [3.63, 3.8) is 0 Å². The number of thiophene rings is 2. The summed E-state index contributed by atoms with van der Waals surface area (Å²) < 4.78 is 67.1. The Balaban J connectivity index is 1.64. The molecule has 0 bridgehead atoms. The number of carbonyl (C=O) groups is 1. The fraction of sp³-hybridized carbons (Fsp3) is 0.118. The van der Waals surface area contributed by atoms with Gasteiger partial charge in [0.2, 0.25) is 15.8 Å². The fourth-order valence-electron chi connectivity index (χ4n) is 2.19. The van der Waals surface area contributed by atoms with Gasteiger partial charge in [-0.05, 0) is 47.8 Å². The van der Waals surface area contributed by atoms with Crippen molar-refractivity contribution < 1.29 is 31.1 Å². The van der Waals surface area contributed by atoms with E-state index in [4.69, 9.17) is 0 Å². The maximum absolute atomic E-state index is 12.3. The van der Waals surface area contributed by atoms with Gasteiger partial charge in [0.15, 0.2) is 0 Å². The maximum atomic E-state index is 12.3. The third kappa shape index (κ3) is 5.19. The molecule has 0 aliphatic rings. The predicted molar refractivity (Wildman–Crippen MR) is 99.2 cm³/mol. The summed E-state index contributed by atoms with van der Waals surface area (Å²) in [6.45, 7) is -0.0501. The van der Waals surface area contributed by atoms with E-state index >= 15 is 0 Å². The van der Waals surface area contributed by atoms with Gasteiger partial charge >= 0.3 is 6.36 Å². The van der Waals surface area contributed by atoms with E-state index in [-0.39, 0.29) is 17.2 Å². The lowest BCUT2D eigenvalue weighted by atomic mass is 10.3. The van der Waals surface area contributed by atoms with E-state index in [1.165, 1.54) is 22.7 Å². The van der Waals surface area contributed by atoms with Crippen LogP contribution in [0.2, 0.25) is 0 Å². The zero-order chi connectivity index (χ0) is 20.4. The van der Waals surface area contributed by atoms with Gasteiger partial charge in [-0.2, -0.15) is 0 Å². The smallest absolute Gasteiger partial charge is 0.406 e. The SMILES string of the molecule is O=C(c1cccs1)c1ccc(CNS(=O)(=O)c2ccc(OC(F)(F)F)cc2)s1. The standard InChI is InChI=1S/C17H12F3NO4S3/c18-17(19,20)25-11-3-6-13(7-4-11)28(23,24)21-10-12-5-8-15(27-12)16(22)14-2-1-9-26-14/h1-9,21H,10H2. The van der Waals surface area contributed by atoms with Crippen LogP contribution in [0.25, 0.3) is 0 Å². The maximum Gasteiger partial charge on any atom is 0.573 e. The van der Waals surface area contributed by atoms with Crippen LogP contribution >= 0.6 is 22.7 Å². The summed E-state index contributed by atoms with van der Waals surface area (Å²) in [4.78, 5) is 13.8. The first-order valence-corrected chi connectivity index (χ1v) is 10.8. The second kappa shape index (κ2) is 8.03. The molecule has 1 N–H and O–H groups in total. The van der Waals surface area contributed by atoms with Crippen LogP contribution in [-0.2, 0) is 16.6 Å². The van der Waals surface area contributed by atoms with Crippen LogP contribution < -0.4 is 9.46 Å². The Morgan fingerprint density at radius 1 is 1.04 bits per heavy atom. The molecule has 1 aromatic carbocycles. The van der Waals surface area contributed by atoms with Crippen LogP contribution in [0, 0.1) is 0 Å². The Kier molecular flexibility index (Phi) is 5.89. The lowest BCUT2D eigenvalue weighted by Crippen LogP contribution is -2.23. The monoisotopic (exact) mass is 447 g/mol. The van der Waals surface area contributed by atoms with Crippen LogP contribution in [-0.4, -0.2) is 20.6 Å². The van der Waals surface area contributed by atoms with Gasteiger partial charge in [0.05, 0.1) is 14.6 Å². The topological polar surface area (TPSA) is 72.5 Å². The molecule has 0 spiro atoms. The Morgan fingerprint density at radius 3 is 2.36 bits per heavy atom. The Hall–Kier alpha value is -2.21. The molecule has 0 amide bonds. The average molecular weight is 447 g/mol. The molecule has 148 valence electrons. The van der Waals surface area contributed by atoms with Crippen LogP contribution in [0.1, 0.15) is 19.4 Å². The summed E-state index contributed by atoms with van der Waals surface area (Å²) in [7, 11) is -3.94. The first kappa shape index (κ1) is 20.5. The lowest BCUT2D eigenvalue weighted by molar-refractivity contribution is -0.274. The molecule has 0 fully saturated rings. The molecule has 2 aromatic heterocycles. The summed E-state index contributed by atoms with van der Waals surface area (Å²) >= 11 is 2.49. The van der Waals surface area contributed by atoms with Crippen molar-refractivity contribution in [2.45, 2.75) is 17.8 Å². The third-order valence-electron chi connectivity index (χ3n) is 3.43. The molecule has 3 rings (SSSR count). The number of hydrogen-bond acceptors (Lipinski definition) is 6. The molecule has 0 radical (unpaired) electrons. The van der Waals surface area contributed by atoms with Gasteiger partial charge in [0.25, 0.3) is 0 Å². The van der Waals surface area contributed by atoms with Crippen LogP contribution in [0.4, 0.5) is 13.2 Å². The number of nitrogens with one attached hydrogen (secondary N) is 1. The van der Waals surface area contributed by atoms with E-state index in [9.17, 15) is 26.4 Å². The number of ether oxygens (including phenoxy) is 1.